The lowest BCUT2D eigenvalue weighted by Gasteiger charge is -2.35. The highest BCUT2D eigenvalue weighted by Gasteiger charge is 2.40. The van der Waals surface area contributed by atoms with E-state index in [9.17, 15) is 13.2 Å². The average Bonchev–Trinajstić information content (AvgIpc) is 2.27. The predicted octanol–water partition coefficient (Wildman–Crippen LogP) is 0.458. The van der Waals surface area contributed by atoms with Crippen LogP contribution in [0.15, 0.2) is 29.2 Å². The van der Waals surface area contributed by atoms with Gasteiger partial charge in [-0.2, -0.15) is 9.57 Å². The first-order valence-corrected chi connectivity index (χ1v) is 7.08. The summed E-state index contributed by atoms with van der Waals surface area (Å²) >= 11 is 0. The normalized spacial score (nSPS) is 16.6. The van der Waals surface area contributed by atoms with Crippen LogP contribution in [0.25, 0.3) is 0 Å². The van der Waals surface area contributed by atoms with Crippen molar-refractivity contribution in [2.45, 2.75) is 11.3 Å². The Bertz CT molecular complexity index is 625. The molecule has 0 spiro atoms. The van der Waals surface area contributed by atoms with Gasteiger partial charge in [0.05, 0.1) is 23.3 Å². The van der Waals surface area contributed by atoms with E-state index < -0.39 is 21.9 Å². The fraction of sp³-hybridized carbons (Fsp3) is 0.333. The molecule has 0 radical (unpaired) electrons. The maximum absolute atomic E-state index is 12.1. The fourth-order valence-corrected chi connectivity index (χ4v) is 3.34. The van der Waals surface area contributed by atoms with Crippen molar-refractivity contribution < 1.29 is 18.3 Å². The topological polar surface area (TPSA) is 98.5 Å². The van der Waals surface area contributed by atoms with Gasteiger partial charge < -0.3 is 5.11 Å². The molecule has 1 aromatic rings. The van der Waals surface area contributed by atoms with Gasteiger partial charge in [-0.05, 0) is 17.7 Å². The fourth-order valence-electron chi connectivity index (χ4n) is 1.81. The summed E-state index contributed by atoms with van der Waals surface area (Å²) in [5.41, 5.74) is 0.744. The van der Waals surface area contributed by atoms with Gasteiger partial charge in [0, 0.05) is 13.1 Å². The van der Waals surface area contributed by atoms with E-state index >= 15 is 0 Å². The minimum absolute atomic E-state index is 0.0115. The molecule has 0 aromatic heterocycles. The van der Waals surface area contributed by atoms with Crippen LogP contribution in [0.5, 0.6) is 0 Å². The zero-order valence-corrected chi connectivity index (χ0v) is 10.8. The Morgan fingerprint density at radius 2 is 1.95 bits per heavy atom. The molecule has 0 unspecified atom stereocenters. The van der Waals surface area contributed by atoms with Crippen LogP contribution in [0, 0.1) is 17.2 Å². The van der Waals surface area contributed by atoms with Gasteiger partial charge in [-0.15, -0.1) is 0 Å². The summed E-state index contributed by atoms with van der Waals surface area (Å²) in [6.45, 7) is 0.0230. The quantitative estimate of drug-likeness (QED) is 0.863. The number of hydrogen-bond acceptors (Lipinski definition) is 4. The van der Waals surface area contributed by atoms with Gasteiger partial charge in [-0.25, -0.2) is 8.42 Å². The van der Waals surface area contributed by atoms with E-state index in [2.05, 4.69) is 0 Å². The van der Waals surface area contributed by atoms with Crippen LogP contribution < -0.4 is 0 Å². The van der Waals surface area contributed by atoms with Crippen molar-refractivity contribution in [3.8, 4) is 6.07 Å². The largest absolute Gasteiger partial charge is 0.481 e. The number of sulfonamides is 1. The summed E-state index contributed by atoms with van der Waals surface area (Å²) in [5, 5.41) is 17.3. The second-order valence-electron chi connectivity index (χ2n) is 4.34. The van der Waals surface area contributed by atoms with Gasteiger partial charge in [0.1, 0.15) is 0 Å². The summed E-state index contributed by atoms with van der Waals surface area (Å²) in [7, 11) is -3.61. The van der Waals surface area contributed by atoms with E-state index in [1.165, 1.54) is 12.1 Å². The minimum Gasteiger partial charge on any atom is -0.481 e. The van der Waals surface area contributed by atoms with E-state index in [0.29, 0.717) is 0 Å². The van der Waals surface area contributed by atoms with Gasteiger partial charge in [0.15, 0.2) is 0 Å². The molecule has 19 heavy (non-hydrogen) atoms. The molecule has 2 rings (SSSR count). The molecular weight excluding hydrogens is 268 g/mol. The molecule has 0 saturated carbocycles. The third-order valence-corrected chi connectivity index (χ3v) is 4.89. The van der Waals surface area contributed by atoms with Gasteiger partial charge in [0.25, 0.3) is 0 Å². The highest BCUT2D eigenvalue weighted by molar-refractivity contribution is 7.89. The lowest BCUT2D eigenvalue weighted by Crippen LogP contribution is -2.52. The lowest BCUT2D eigenvalue weighted by atomic mass is 10.0. The lowest BCUT2D eigenvalue weighted by molar-refractivity contribution is -0.145. The van der Waals surface area contributed by atoms with Crippen LogP contribution in [0.4, 0.5) is 0 Å². The Morgan fingerprint density at radius 1 is 1.37 bits per heavy atom. The molecule has 0 amide bonds. The van der Waals surface area contributed by atoms with Crippen molar-refractivity contribution >= 4 is 16.0 Å². The molecule has 1 N–H and O–H groups in total. The summed E-state index contributed by atoms with van der Waals surface area (Å²) in [5.74, 6) is -1.59. The molecule has 0 bridgehead atoms. The maximum Gasteiger partial charge on any atom is 0.309 e. The van der Waals surface area contributed by atoms with Crippen LogP contribution in [0.2, 0.25) is 0 Å². The Hall–Kier alpha value is -1.91. The number of aliphatic carboxylic acids is 1. The third-order valence-electron chi connectivity index (χ3n) is 3.04. The molecular formula is C12H12N2O4S. The highest BCUT2D eigenvalue weighted by atomic mass is 32.2. The van der Waals surface area contributed by atoms with Gasteiger partial charge in [-0.1, -0.05) is 12.1 Å². The molecule has 1 heterocycles. The van der Waals surface area contributed by atoms with Crippen LogP contribution in [-0.4, -0.2) is 36.9 Å². The Balaban J connectivity index is 2.13. The smallest absolute Gasteiger partial charge is 0.309 e. The van der Waals surface area contributed by atoms with E-state index in [1.54, 1.807) is 12.1 Å². The van der Waals surface area contributed by atoms with Crippen molar-refractivity contribution in [2.75, 3.05) is 13.1 Å². The first-order valence-electron chi connectivity index (χ1n) is 5.64. The molecule has 7 heteroatoms. The number of nitrogens with zero attached hydrogens (tertiary/aromatic N) is 2. The maximum atomic E-state index is 12.1. The predicted molar refractivity (Wildman–Crippen MR) is 65.6 cm³/mol. The first-order chi connectivity index (χ1) is 8.95. The Labute approximate surface area is 110 Å². The molecule has 6 nitrogen and oxygen atoms in total. The second kappa shape index (κ2) is 4.99. The van der Waals surface area contributed by atoms with Gasteiger partial charge >= 0.3 is 5.97 Å². The van der Waals surface area contributed by atoms with Gasteiger partial charge in [-0.3, -0.25) is 4.79 Å². The molecule has 0 atom stereocenters. The molecule has 1 aromatic carbocycles. The van der Waals surface area contributed by atoms with E-state index in [0.717, 1.165) is 9.87 Å². The van der Waals surface area contributed by atoms with E-state index in [4.69, 9.17) is 10.4 Å². The Kier molecular flexibility index (Phi) is 3.55. The summed E-state index contributed by atoms with van der Waals surface area (Å²) in [6, 6.07) is 8.04. The molecule has 0 aliphatic carbocycles. The van der Waals surface area contributed by atoms with Crippen molar-refractivity contribution in [1.29, 1.82) is 5.26 Å². The molecule has 1 fully saturated rings. The Morgan fingerprint density at radius 3 is 2.42 bits per heavy atom. The molecule has 100 valence electrons. The minimum atomic E-state index is -3.61. The van der Waals surface area contributed by atoms with Crippen LogP contribution >= 0.6 is 0 Å². The van der Waals surface area contributed by atoms with Crippen molar-refractivity contribution in [2.24, 2.45) is 5.92 Å². The van der Waals surface area contributed by atoms with Crippen molar-refractivity contribution in [3.05, 3.63) is 29.8 Å². The summed E-state index contributed by atoms with van der Waals surface area (Å²) in [4.78, 5) is 10.8. The number of rotatable bonds is 4. The summed E-state index contributed by atoms with van der Waals surface area (Å²) in [6.07, 6.45) is 0.227. The van der Waals surface area contributed by atoms with E-state index in [1.807, 2.05) is 6.07 Å². The SMILES string of the molecule is N#CCc1ccc(S(=O)(=O)N2CC(C(=O)O)C2)cc1. The second-order valence-corrected chi connectivity index (χ2v) is 6.27. The van der Waals surface area contributed by atoms with Crippen molar-refractivity contribution in [3.63, 3.8) is 0 Å². The first kappa shape index (κ1) is 13.5. The highest BCUT2D eigenvalue weighted by Crippen LogP contribution is 2.25. The van der Waals surface area contributed by atoms with E-state index in [-0.39, 0.29) is 24.4 Å². The van der Waals surface area contributed by atoms with Crippen LogP contribution in [-0.2, 0) is 21.2 Å². The number of nitriles is 1. The average molecular weight is 280 g/mol. The standard InChI is InChI=1S/C12H12N2O4S/c13-6-5-9-1-3-11(4-2-9)19(17,18)14-7-10(8-14)12(15)16/h1-4,10H,5,7-8H2,(H,15,16). The monoisotopic (exact) mass is 280 g/mol. The number of carboxylic acids is 1. The molecule has 1 aliphatic heterocycles. The third kappa shape index (κ3) is 2.59. The molecule has 1 aliphatic rings. The number of carboxylic acid groups (broad SMARTS) is 1. The number of carbonyl (C=O) groups is 1. The van der Waals surface area contributed by atoms with Crippen LogP contribution in [0.1, 0.15) is 5.56 Å². The van der Waals surface area contributed by atoms with Crippen LogP contribution in [0.3, 0.4) is 0 Å². The molecule has 1 saturated heterocycles. The number of benzene rings is 1. The summed E-state index contributed by atoms with van der Waals surface area (Å²) < 4.78 is 25.4. The van der Waals surface area contributed by atoms with Crippen molar-refractivity contribution in [1.82, 2.24) is 4.31 Å². The zero-order chi connectivity index (χ0) is 14.0. The zero-order valence-electron chi connectivity index (χ0n) is 9.98. The number of hydrogen-bond donors (Lipinski definition) is 1. The van der Waals surface area contributed by atoms with Gasteiger partial charge in [0.2, 0.25) is 10.0 Å².